The monoisotopic (exact) mass is 295 g/mol. The molecule has 6 heteroatoms. The Morgan fingerprint density at radius 1 is 1.35 bits per heavy atom. The summed E-state index contributed by atoms with van der Waals surface area (Å²) in [4.78, 5) is 0.892. The number of nitrogens with zero attached hydrogens (tertiary/aromatic N) is 2. The first kappa shape index (κ1) is 14.9. The van der Waals surface area contributed by atoms with Gasteiger partial charge in [0.25, 0.3) is 0 Å². The summed E-state index contributed by atoms with van der Waals surface area (Å²) in [5.41, 5.74) is 0.886. The minimum absolute atomic E-state index is 0.0272. The SMILES string of the molecule is COc1cccc(F)c1-c1nnsc1CNC(C)(C)C. The van der Waals surface area contributed by atoms with E-state index in [-0.39, 0.29) is 11.4 Å². The maximum atomic E-state index is 14.1. The third-order valence-corrected chi connectivity index (χ3v) is 3.49. The summed E-state index contributed by atoms with van der Waals surface area (Å²) >= 11 is 1.27. The van der Waals surface area contributed by atoms with Crippen molar-refractivity contribution in [3.8, 4) is 17.0 Å². The van der Waals surface area contributed by atoms with Gasteiger partial charge in [-0.05, 0) is 44.4 Å². The minimum Gasteiger partial charge on any atom is -0.496 e. The molecule has 1 aromatic carbocycles. The average Bonchev–Trinajstić information content (AvgIpc) is 2.83. The lowest BCUT2D eigenvalue weighted by molar-refractivity contribution is 0.413. The molecule has 0 bridgehead atoms. The van der Waals surface area contributed by atoms with Crippen LogP contribution in [0.25, 0.3) is 11.3 Å². The van der Waals surface area contributed by atoms with Gasteiger partial charge in [-0.1, -0.05) is 10.6 Å². The van der Waals surface area contributed by atoms with Crippen LogP contribution in [0.2, 0.25) is 0 Å². The second-order valence-electron chi connectivity index (χ2n) is 5.47. The van der Waals surface area contributed by atoms with Crippen LogP contribution in [0.4, 0.5) is 4.39 Å². The van der Waals surface area contributed by atoms with Crippen LogP contribution >= 0.6 is 11.5 Å². The van der Waals surface area contributed by atoms with E-state index in [2.05, 4.69) is 35.7 Å². The van der Waals surface area contributed by atoms with Gasteiger partial charge in [0.05, 0.1) is 17.6 Å². The van der Waals surface area contributed by atoms with E-state index in [1.54, 1.807) is 12.1 Å². The highest BCUT2D eigenvalue weighted by molar-refractivity contribution is 7.05. The summed E-state index contributed by atoms with van der Waals surface area (Å²) < 4.78 is 23.3. The first-order valence-corrected chi connectivity index (χ1v) is 7.09. The molecule has 1 aromatic heterocycles. The van der Waals surface area contributed by atoms with Gasteiger partial charge in [0.2, 0.25) is 0 Å². The molecule has 108 valence electrons. The molecule has 2 aromatic rings. The average molecular weight is 295 g/mol. The topological polar surface area (TPSA) is 47.0 Å². The van der Waals surface area contributed by atoms with E-state index >= 15 is 0 Å². The molecule has 0 radical (unpaired) electrons. The molecule has 0 aliphatic heterocycles. The Labute approximate surface area is 122 Å². The standard InChI is InChI=1S/C14H18FN3OS/c1-14(2,3)16-8-11-13(17-18-20-11)12-9(15)6-5-7-10(12)19-4/h5-7,16H,8H2,1-4H3. The van der Waals surface area contributed by atoms with E-state index in [1.165, 1.54) is 24.7 Å². The van der Waals surface area contributed by atoms with E-state index in [1.807, 2.05) is 0 Å². The van der Waals surface area contributed by atoms with Crippen molar-refractivity contribution in [3.05, 3.63) is 28.9 Å². The van der Waals surface area contributed by atoms with Gasteiger partial charge in [-0.3, -0.25) is 0 Å². The van der Waals surface area contributed by atoms with Crippen LogP contribution in [0.5, 0.6) is 5.75 Å². The summed E-state index contributed by atoms with van der Waals surface area (Å²) in [6.07, 6.45) is 0. The lowest BCUT2D eigenvalue weighted by Gasteiger charge is -2.20. The fourth-order valence-corrected chi connectivity index (χ4v) is 2.35. The van der Waals surface area contributed by atoms with Crippen LogP contribution in [-0.4, -0.2) is 22.2 Å². The summed E-state index contributed by atoms with van der Waals surface area (Å²) in [5.74, 6) is 0.115. The number of benzene rings is 1. The van der Waals surface area contributed by atoms with Crippen LogP contribution in [0.3, 0.4) is 0 Å². The molecule has 2 rings (SSSR count). The molecule has 0 fully saturated rings. The Morgan fingerprint density at radius 2 is 2.10 bits per heavy atom. The van der Waals surface area contributed by atoms with Crippen molar-refractivity contribution in [1.29, 1.82) is 0 Å². The predicted octanol–water partition coefficient (Wildman–Crippen LogP) is 3.24. The fourth-order valence-electron chi connectivity index (χ4n) is 1.76. The van der Waals surface area contributed by atoms with Crippen LogP contribution in [0, 0.1) is 5.82 Å². The zero-order chi connectivity index (χ0) is 14.8. The lowest BCUT2D eigenvalue weighted by atomic mass is 10.1. The molecule has 0 aliphatic rings. The zero-order valence-electron chi connectivity index (χ0n) is 12.0. The van der Waals surface area contributed by atoms with Gasteiger partial charge >= 0.3 is 0 Å². The number of ether oxygens (including phenoxy) is 1. The molecule has 0 saturated carbocycles. The third-order valence-electron chi connectivity index (χ3n) is 2.77. The second kappa shape index (κ2) is 5.85. The highest BCUT2D eigenvalue weighted by Crippen LogP contribution is 2.34. The van der Waals surface area contributed by atoms with Crippen LogP contribution in [0.15, 0.2) is 18.2 Å². The number of hydrogen-bond acceptors (Lipinski definition) is 5. The van der Waals surface area contributed by atoms with Crippen molar-refractivity contribution in [2.45, 2.75) is 32.9 Å². The molecule has 0 spiro atoms. The highest BCUT2D eigenvalue weighted by atomic mass is 32.1. The predicted molar refractivity (Wildman–Crippen MR) is 78.4 cm³/mol. The lowest BCUT2D eigenvalue weighted by Crippen LogP contribution is -2.34. The summed E-state index contributed by atoms with van der Waals surface area (Å²) in [6.45, 7) is 6.81. The Bertz CT molecular complexity index is 592. The zero-order valence-corrected chi connectivity index (χ0v) is 12.8. The van der Waals surface area contributed by atoms with Crippen molar-refractivity contribution in [2.75, 3.05) is 7.11 Å². The highest BCUT2D eigenvalue weighted by Gasteiger charge is 2.20. The number of nitrogens with one attached hydrogen (secondary N) is 1. The quantitative estimate of drug-likeness (QED) is 0.940. The van der Waals surface area contributed by atoms with Crippen LogP contribution < -0.4 is 10.1 Å². The van der Waals surface area contributed by atoms with E-state index in [0.717, 1.165) is 4.88 Å². The van der Waals surface area contributed by atoms with Crippen LogP contribution in [0.1, 0.15) is 25.6 Å². The normalized spacial score (nSPS) is 11.7. The molecule has 0 amide bonds. The minimum atomic E-state index is -0.353. The molecule has 0 unspecified atom stereocenters. The first-order chi connectivity index (χ1) is 9.42. The largest absolute Gasteiger partial charge is 0.496 e. The molecule has 0 saturated heterocycles. The molecule has 0 aliphatic carbocycles. The van der Waals surface area contributed by atoms with E-state index in [9.17, 15) is 4.39 Å². The van der Waals surface area contributed by atoms with Gasteiger partial charge in [-0.15, -0.1) is 5.10 Å². The van der Waals surface area contributed by atoms with Gasteiger partial charge < -0.3 is 10.1 Å². The Morgan fingerprint density at radius 3 is 2.75 bits per heavy atom. The van der Waals surface area contributed by atoms with E-state index < -0.39 is 0 Å². The number of hydrogen-bond donors (Lipinski definition) is 1. The number of methoxy groups -OCH3 is 1. The van der Waals surface area contributed by atoms with Crippen molar-refractivity contribution in [1.82, 2.24) is 14.9 Å². The number of rotatable bonds is 4. The van der Waals surface area contributed by atoms with Gasteiger partial charge in [0.1, 0.15) is 17.3 Å². The van der Waals surface area contributed by atoms with Crippen molar-refractivity contribution in [3.63, 3.8) is 0 Å². The summed E-state index contributed by atoms with van der Waals surface area (Å²) in [7, 11) is 1.52. The van der Waals surface area contributed by atoms with Gasteiger partial charge in [0, 0.05) is 12.1 Å². The number of halogens is 1. The van der Waals surface area contributed by atoms with Gasteiger partial charge in [0.15, 0.2) is 0 Å². The smallest absolute Gasteiger partial charge is 0.136 e. The van der Waals surface area contributed by atoms with E-state index in [0.29, 0.717) is 23.6 Å². The van der Waals surface area contributed by atoms with Crippen molar-refractivity contribution < 1.29 is 9.13 Å². The maximum absolute atomic E-state index is 14.1. The summed E-state index contributed by atoms with van der Waals surface area (Å²) in [6, 6.07) is 4.74. The third kappa shape index (κ3) is 3.32. The van der Waals surface area contributed by atoms with Gasteiger partial charge in [-0.2, -0.15) is 0 Å². The molecular weight excluding hydrogens is 277 g/mol. The Hall–Kier alpha value is -1.53. The molecule has 1 N–H and O–H groups in total. The first-order valence-electron chi connectivity index (χ1n) is 6.31. The molecule has 4 nitrogen and oxygen atoms in total. The molecule has 1 heterocycles. The molecule has 0 atom stereocenters. The number of aromatic nitrogens is 2. The maximum Gasteiger partial charge on any atom is 0.136 e. The Kier molecular flexibility index (Phi) is 4.35. The van der Waals surface area contributed by atoms with Crippen LogP contribution in [-0.2, 0) is 6.54 Å². The molecular formula is C14H18FN3OS. The second-order valence-corrected chi connectivity index (χ2v) is 6.30. The van der Waals surface area contributed by atoms with Crippen molar-refractivity contribution in [2.24, 2.45) is 0 Å². The van der Waals surface area contributed by atoms with Gasteiger partial charge in [-0.25, -0.2) is 4.39 Å². The Balaban J connectivity index is 2.37. The molecule has 20 heavy (non-hydrogen) atoms. The van der Waals surface area contributed by atoms with Crippen molar-refractivity contribution >= 4 is 11.5 Å². The summed E-state index contributed by atoms with van der Waals surface area (Å²) in [5, 5.41) is 7.42. The van der Waals surface area contributed by atoms with E-state index in [4.69, 9.17) is 4.74 Å². The fraction of sp³-hybridized carbons (Fsp3) is 0.429.